The minimum absolute atomic E-state index is 0.157. The largest absolute Gasteiger partial charge is 0.321 e. The lowest BCUT2D eigenvalue weighted by Crippen LogP contribution is -2.45. The normalized spacial score (nSPS) is 15.5. The smallest absolute Gasteiger partial charge is 0.267 e. The van der Waals surface area contributed by atoms with E-state index in [4.69, 9.17) is 0 Å². The van der Waals surface area contributed by atoms with E-state index in [0.717, 1.165) is 44.8 Å². The third-order valence-electron chi connectivity index (χ3n) is 5.14. The summed E-state index contributed by atoms with van der Waals surface area (Å²) < 4.78 is 0. The zero-order valence-corrected chi connectivity index (χ0v) is 17.5. The van der Waals surface area contributed by atoms with Crippen molar-refractivity contribution in [2.24, 2.45) is 0 Å². The summed E-state index contributed by atoms with van der Waals surface area (Å²) in [7, 11) is 2.17. The molecule has 0 aliphatic carbocycles. The van der Waals surface area contributed by atoms with E-state index in [0.29, 0.717) is 21.4 Å². The highest BCUT2D eigenvalue weighted by molar-refractivity contribution is 7.17. The van der Waals surface area contributed by atoms with Gasteiger partial charge in [-0.2, -0.15) is 5.10 Å². The summed E-state index contributed by atoms with van der Waals surface area (Å²) in [5.74, 6) is 0.415. The number of hydrogen-bond donors (Lipinski definition) is 2. The molecule has 1 saturated heterocycles. The second-order valence-corrected chi connectivity index (χ2v) is 8.31. The first-order chi connectivity index (χ1) is 14.1. The number of likely N-dealkylation sites (N-methyl/N-ethyl adjacent to an activating group) is 1. The number of piperazine rings is 1. The van der Waals surface area contributed by atoms with Gasteiger partial charge in [-0.3, -0.25) is 9.89 Å². The van der Waals surface area contributed by atoms with Crippen molar-refractivity contribution in [1.29, 1.82) is 0 Å². The molecule has 3 heterocycles. The molecule has 1 amide bonds. The molecule has 8 nitrogen and oxygen atoms in total. The van der Waals surface area contributed by atoms with Gasteiger partial charge in [-0.25, -0.2) is 9.97 Å². The lowest BCUT2D eigenvalue weighted by Gasteiger charge is -2.32. The molecule has 4 rings (SSSR count). The first kappa shape index (κ1) is 19.7. The number of H-pyrrole nitrogens is 1. The monoisotopic (exact) mass is 411 g/mol. The van der Waals surface area contributed by atoms with Crippen LogP contribution in [-0.4, -0.2) is 75.6 Å². The number of nitrogens with zero attached hydrogens (tertiary/aromatic N) is 5. The van der Waals surface area contributed by atoms with E-state index in [2.05, 4.69) is 54.5 Å². The lowest BCUT2D eigenvalue weighted by atomic mass is 10.1. The minimum Gasteiger partial charge on any atom is -0.321 e. The molecule has 0 radical (unpaired) electrons. The summed E-state index contributed by atoms with van der Waals surface area (Å²) in [4.78, 5) is 26.6. The summed E-state index contributed by atoms with van der Waals surface area (Å²) in [5, 5.41) is 10.2. The average molecular weight is 412 g/mol. The van der Waals surface area contributed by atoms with Gasteiger partial charge in [-0.15, -0.1) is 11.3 Å². The molecular weight excluding hydrogens is 386 g/mol. The van der Waals surface area contributed by atoms with E-state index in [1.807, 2.05) is 19.1 Å². The van der Waals surface area contributed by atoms with Gasteiger partial charge in [0.25, 0.3) is 5.91 Å². The Kier molecular flexibility index (Phi) is 5.98. The summed E-state index contributed by atoms with van der Waals surface area (Å²) in [6.45, 7) is 7.45. The Morgan fingerprint density at radius 3 is 2.66 bits per heavy atom. The van der Waals surface area contributed by atoms with Crippen molar-refractivity contribution in [2.75, 3.05) is 45.1 Å². The van der Waals surface area contributed by atoms with Crippen molar-refractivity contribution >= 4 is 22.9 Å². The number of amides is 1. The van der Waals surface area contributed by atoms with Gasteiger partial charge >= 0.3 is 0 Å². The highest BCUT2D eigenvalue weighted by Crippen LogP contribution is 2.26. The fourth-order valence-corrected chi connectivity index (χ4v) is 4.23. The molecule has 1 aromatic carbocycles. The summed E-state index contributed by atoms with van der Waals surface area (Å²) in [5.41, 5.74) is 2.75. The summed E-state index contributed by atoms with van der Waals surface area (Å²) >= 11 is 1.31. The number of carbonyl (C=O) groups excluding carboxylic acids is 1. The Morgan fingerprint density at radius 2 is 1.97 bits per heavy atom. The Labute approximate surface area is 174 Å². The van der Waals surface area contributed by atoms with Gasteiger partial charge in [-0.05, 0) is 38.1 Å². The van der Waals surface area contributed by atoms with Gasteiger partial charge in [0, 0.05) is 38.4 Å². The molecular formula is C20H25N7OS. The number of aromatic nitrogens is 4. The second-order valence-electron chi connectivity index (χ2n) is 7.31. The fraction of sp³-hybridized carbons (Fsp3) is 0.400. The maximum absolute atomic E-state index is 12.7. The van der Waals surface area contributed by atoms with E-state index in [9.17, 15) is 4.79 Å². The number of benzene rings is 1. The maximum Gasteiger partial charge on any atom is 0.267 e. The number of hydrogen-bond acceptors (Lipinski definition) is 7. The van der Waals surface area contributed by atoms with E-state index in [1.165, 1.54) is 23.2 Å². The zero-order chi connectivity index (χ0) is 20.2. The Morgan fingerprint density at radius 1 is 1.21 bits per heavy atom. The SMILES string of the molecule is Cc1nc(-c2ncn[nH]2)sc1C(=O)Nc1ccc(CCN2CCN(C)CC2)cc1. The van der Waals surface area contributed by atoms with Gasteiger partial charge in [-0.1, -0.05) is 12.1 Å². The second kappa shape index (κ2) is 8.81. The van der Waals surface area contributed by atoms with Crippen LogP contribution in [0.15, 0.2) is 30.6 Å². The molecule has 3 aromatic rings. The number of nitrogens with one attached hydrogen (secondary N) is 2. The Hall–Kier alpha value is -2.62. The van der Waals surface area contributed by atoms with E-state index in [-0.39, 0.29) is 5.91 Å². The first-order valence-electron chi connectivity index (χ1n) is 9.73. The molecule has 2 N–H and O–H groups in total. The van der Waals surface area contributed by atoms with Crippen LogP contribution < -0.4 is 5.32 Å². The van der Waals surface area contributed by atoms with Crippen LogP contribution in [0.2, 0.25) is 0 Å². The van der Waals surface area contributed by atoms with Crippen LogP contribution in [0.25, 0.3) is 10.8 Å². The number of anilines is 1. The van der Waals surface area contributed by atoms with Crippen molar-refractivity contribution in [2.45, 2.75) is 13.3 Å². The van der Waals surface area contributed by atoms with Crippen molar-refractivity contribution in [3.63, 3.8) is 0 Å². The predicted octanol–water partition coefficient (Wildman–Crippen LogP) is 2.28. The molecule has 0 bridgehead atoms. The third-order valence-corrected chi connectivity index (χ3v) is 6.31. The summed E-state index contributed by atoms with van der Waals surface area (Å²) in [6.07, 6.45) is 2.45. The highest BCUT2D eigenvalue weighted by Gasteiger charge is 2.18. The molecule has 0 unspecified atom stereocenters. The Balaban J connectivity index is 1.33. The standard InChI is InChI=1S/C20H25N7OS/c1-14-17(29-20(23-14)18-21-13-22-25-18)19(28)24-16-5-3-15(4-6-16)7-8-27-11-9-26(2)10-12-27/h3-6,13H,7-12H2,1-2H3,(H,24,28)(H,21,22,25). The van der Waals surface area contributed by atoms with Crippen LogP contribution in [0, 0.1) is 6.92 Å². The molecule has 1 aliphatic heterocycles. The highest BCUT2D eigenvalue weighted by atomic mass is 32.1. The number of rotatable bonds is 6. The molecule has 0 atom stereocenters. The molecule has 29 heavy (non-hydrogen) atoms. The Bertz CT molecular complexity index is 944. The third kappa shape index (κ3) is 4.87. The van der Waals surface area contributed by atoms with Crippen LogP contribution in [-0.2, 0) is 6.42 Å². The van der Waals surface area contributed by atoms with Crippen molar-refractivity contribution in [1.82, 2.24) is 30.0 Å². The number of carbonyl (C=O) groups is 1. The quantitative estimate of drug-likeness (QED) is 0.647. The number of aryl methyl sites for hydroxylation is 1. The molecule has 9 heteroatoms. The average Bonchev–Trinajstić information content (AvgIpc) is 3.38. The molecule has 2 aromatic heterocycles. The molecule has 0 saturated carbocycles. The van der Waals surface area contributed by atoms with Crippen molar-refractivity contribution < 1.29 is 4.79 Å². The van der Waals surface area contributed by atoms with Crippen LogP contribution >= 0.6 is 11.3 Å². The molecule has 152 valence electrons. The van der Waals surface area contributed by atoms with Gasteiger partial charge < -0.3 is 15.1 Å². The van der Waals surface area contributed by atoms with Crippen LogP contribution in [0.5, 0.6) is 0 Å². The molecule has 1 fully saturated rings. The zero-order valence-electron chi connectivity index (χ0n) is 16.7. The van der Waals surface area contributed by atoms with Gasteiger partial charge in [0.05, 0.1) is 5.69 Å². The summed E-state index contributed by atoms with van der Waals surface area (Å²) in [6, 6.07) is 8.10. The van der Waals surface area contributed by atoms with E-state index < -0.39 is 0 Å². The number of thiazole rings is 1. The molecule has 0 spiro atoms. The van der Waals surface area contributed by atoms with Crippen LogP contribution in [0.4, 0.5) is 5.69 Å². The fourth-order valence-electron chi connectivity index (χ4n) is 3.32. The minimum atomic E-state index is -0.157. The van der Waals surface area contributed by atoms with Crippen molar-refractivity contribution in [3.05, 3.63) is 46.7 Å². The van der Waals surface area contributed by atoms with Crippen LogP contribution in [0.1, 0.15) is 20.9 Å². The van der Waals surface area contributed by atoms with Gasteiger partial charge in [0.15, 0.2) is 10.8 Å². The first-order valence-corrected chi connectivity index (χ1v) is 10.5. The van der Waals surface area contributed by atoms with Crippen LogP contribution in [0.3, 0.4) is 0 Å². The molecule has 1 aliphatic rings. The van der Waals surface area contributed by atoms with E-state index in [1.54, 1.807) is 0 Å². The lowest BCUT2D eigenvalue weighted by molar-refractivity contribution is 0.103. The maximum atomic E-state index is 12.7. The van der Waals surface area contributed by atoms with Crippen molar-refractivity contribution in [3.8, 4) is 10.8 Å². The topological polar surface area (TPSA) is 90.0 Å². The van der Waals surface area contributed by atoms with E-state index >= 15 is 0 Å². The van der Waals surface area contributed by atoms with Gasteiger partial charge in [0.1, 0.15) is 11.2 Å². The predicted molar refractivity (Wildman–Crippen MR) is 114 cm³/mol. The number of aromatic amines is 1. The van der Waals surface area contributed by atoms with Gasteiger partial charge in [0.2, 0.25) is 0 Å².